The van der Waals surface area contributed by atoms with Crippen LogP contribution in [0.5, 0.6) is 0 Å². The van der Waals surface area contributed by atoms with E-state index in [2.05, 4.69) is 25.6 Å². The Hall–Kier alpha value is -4.08. The average molecular weight is 433 g/mol. The van der Waals surface area contributed by atoms with E-state index in [0.717, 1.165) is 38.9 Å². The highest BCUT2D eigenvalue weighted by Crippen LogP contribution is 2.32. The van der Waals surface area contributed by atoms with E-state index in [1.807, 2.05) is 49.0 Å². The van der Waals surface area contributed by atoms with Crippen LogP contribution in [0, 0.1) is 0 Å². The highest BCUT2D eigenvalue weighted by atomic mass is 16.4. The predicted molar refractivity (Wildman–Crippen MR) is 121 cm³/mol. The quantitative estimate of drug-likeness (QED) is 0.391. The molecule has 1 aromatic carbocycles. The lowest BCUT2D eigenvalue weighted by Crippen LogP contribution is -2.57. The van der Waals surface area contributed by atoms with Crippen molar-refractivity contribution >= 4 is 39.9 Å². The van der Waals surface area contributed by atoms with E-state index in [1.54, 1.807) is 6.33 Å². The van der Waals surface area contributed by atoms with Crippen molar-refractivity contribution in [3.05, 3.63) is 42.2 Å². The van der Waals surface area contributed by atoms with Crippen molar-refractivity contribution in [2.75, 3.05) is 25.5 Å². The minimum atomic E-state index is -1.08. The summed E-state index contributed by atoms with van der Waals surface area (Å²) in [5.74, 6) is 0.435. The number of H-pyrrole nitrogens is 1. The second kappa shape index (κ2) is 7.56. The largest absolute Gasteiger partial charge is 0.465 e. The van der Waals surface area contributed by atoms with Gasteiger partial charge in [-0.2, -0.15) is 0 Å². The van der Waals surface area contributed by atoms with Crippen LogP contribution in [0.3, 0.4) is 0 Å². The van der Waals surface area contributed by atoms with Crippen LogP contribution in [-0.2, 0) is 18.3 Å². The summed E-state index contributed by atoms with van der Waals surface area (Å²) >= 11 is 0. The van der Waals surface area contributed by atoms with Crippen LogP contribution in [0.25, 0.3) is 33.3 Å². The Balaban J connectivity index is 1.53. The number of pyridine rings is 1. The number of aromatic amines is 1. The molecule has 4 N–H and O–H groups in total. The molecule has 1 aliphatic heterocycles. The van der Waals surface area contributed by atoms with Gasteiger partial charge < -0.3 is 25.3 Å². The molecule has 4 aromatic rings. The molecule has 0 saturated carbocycles. The maximum atomic E-state index is 12.3. The molecule has 4 heterocycles. The maximum Gasteiger partial charge on any atom is 0.408 e. The van der Waals surface area contributed by atoms with E-state index in [1.165, 1.54) is 4.90 Å². The third kappa shape index (κ3) is 3.20. The van der Waals surface area contributed by atoms with Crippen LogP contribution in [0.2, 0.25) is 0 Å². The number of anilines is 1. The van der Waals surface area contributed by atoms with Gasteiger partial charge in [-0.1, -0.05) is 18.2 Å². The number of carbonyl (C=O) groups excluding carboxylic acids is 1. The second-order valence-electron chi connectivity index (χ2n) is 7.90. The SMILES string of the molecule is CNc1nc2[nH]c(-c3cccc(CC4C(=O)NCCN4C(=O)O)c3)cc2c2c1ncn2C. The number of nitrogens with one attached hydrogen (secondary N) is 3. The lowest BCUT2D eigenvalue weighted by Gasteiger charge is -2.33. The van der Waals surface area contributed by atoms with Crippen LogP contribution in [0.15, 0.2) is 36.7 Å². The van der Waals surface area contributed by atoms with Gasteiger partial charge >= 0.3 is 6.09 Å². The third-order valence-corrected chi connectivity index (χ3v) is 5.92. The molecule has 1 saturated heterocycles. The average Bonchev–Trinajstić information content (AvgIpc) is 3.38. The number of imidazole rings is 1. The Kier molecular flexibility index (Phi) is 4.69. The zero-order valence-corrected chi connectivity index (χ0v) is 17.7. The number of aryl methyl sites for hydroxylation is 1. The third-order valence-electron chi connectivity index (χ3n) is 5.92. The molecule has 1 fully saturated rings. The number of piperazine rings is 1. The first kappa shape index (κ1) is 19.9. The monoisotopic (exact) mass is 433 g/mol. The smallest absolute Gasteiger partial charge is 0.408 e. The van der Waals surface area contributed by atoms with Gasteiger partial charge in [0.15, 0.2) is 5.82 Å². The van der Waals surface area contributed by atoms with Crippen LogP contribution < -0.4 is 10.6 Å². The van der Waals surface area contributed by atoms with Gasteiger partial charge in [-0.15, -0.1) is 0 Å². The Labute approximate surface area is 183 Å². The fourth-order valence-electron chi connectivity index (χ4n) is 4.36. The summed E-state index contributed by atoms with van der Waals surface area (Å²) in [6, 6.07) is 9.07. The molecule has 164 valence electrons. The number of amides is 2. The van der Waals surface area contributed by atoms with Gasteiger partial charge in [0.05, 0.1) is 11.8 Å². The predicted octanol–water partition coefficient (Wildman–Crippen LogP) is 2.18. The number of nitrogens with zero attached hydrogens (tertiary/aromatic N) is 4. The van der Waals surface area contributed by atoms with Crippen molar-refractivity contribution in [3.8, 4) is 11.3 Å². The summed E-state index contributed by atoms with van der Waals surface area (Å²) in [5.41, 5.74) is 5.22. The number of rotatable bonds is 4. The molecular weight excluding hydrogens is 410 g/mol. The fraction of sp³-hybridized carbons (Fsp3) is 0.273. The molecule has 0 spiro atoms. The van der Waals surface area contributed by atoms with E-state index in [4.69, 9.17) is 0 Å². The number of carbonyl (C=O) groups is 2. The van der Waals surface area contributed by atoms with Gasteiger partial charge in [-0.05, 0) is 23.3 Å². The number of carboxylic acid groups (broad SMARTS) is 1. The molecule has 32 heavy (non-hydrogen) atoms. The number of hydrogen-bond donors (Lipinski definition) is 4. The van der Waals surface area contributed by atoms with E-state index in [0.29, 0.717) is 18.8 Å². The normalized spacial score (nSPS) is 16.5. The van der Waals surface area contributed by atoms with Crippen molar-refractivity contribution in [3.63, 3.8) is 0 Å². The molecule has 2 amide bonds. The molecule has 1 unspecified atom stereocenters. The summed E-state index contributed by atoms with van der Waals surface area (Å²) in [4.78, 5) is 37.6. The molecular formula is C22H23N7O3. The lowest BCUT2D eigenvalue weighted by molar-refractivity contribution is -0.128. The molecule has 0 aliphatic carbocycles. The number of fused-ring (bicyclic) bond motifs is 3. The molecule has 10 nitrogen and oxygen atoms in total. The van der Waals surface area contributed by atoms with Gasteiger partial charge in [0.25, 0.3) is 0 Å². The summed E-state index contributed by atoms with van der Waals surface area (Å²) < 4.78 is 1.97. The standard InChI is InChI=1S/C22H23N7O3/c1-23-20-17-18(28(2)11-25-17)14-10-15(26-19(14)27-20)13-5-3-4-12(8-13)9-16-21(30)24-6-7-29(16)22(31)32/h3-5,8,10-11,16H,6-7,9H2,1-2H3,(H,24,30)(H,31,32)(H2,23,26,27). The first-order valence-electron chi connectivity index (χ1n) is 10.3. The second-order valence-corrected chi connectivity index (χ2v) is 7.90. The van der Waals surface area contributed by atoms with Crippen LogP contribution in [0.1, 0.15) is 5.56 Å². The summed E-state index contributed by atoms with van der Waals surface area (Å²) in [5, 5.41) is 16.3. The molecule has 5 rings (SSSR count). The summed E-state index contributed by atoms with van der Waals surface area (Å²) in [6.07, 6.45) is 0.993. The van der Waals surface area contributed by atoms with Crippen molar-refractivity contribution in [2.24, 2.45) is 7.05 Å². The Morgan fingerprint density at radius 3 is 2.97 bits per heavy atom. The van der Waals surface area contributed by atoms with Crippen molar-refractivity contribution < 1.29 is 14.7 Å². The van der Waals surface area contributed by atoms with Crippen molar-refractivity contribution in [1.29, 1.82) is 0 Å². The first-order chi connectivity index (χ1) is 15.5. The molecule has 1 atom stereocenters. The minimum Gasteiger partial charge on any atom is -0.465 e. The van der Waals surface area contributed by atoms with Gasteiger partial charge in [-0.3, -0.25) is 9.69 Å². The maximum absolute atomic E-state index is 12.3. The highest BCUT2D eigenvalue weighted by Gasteiger charge is 2.33. The van der Waals surface area contributed by atoms with Crippen molar-refractivity contribution in [2.45, 2.75) is 12.5 Å². The number of aromatic nitrogens is 4. The molecule has 1 aliphatic rings. The first-order valence-corrected chi connectivity index (χ1v) is 10.3. The number of hydrogen-bond acceptors (Lipinski definition) is 5. The summed E-state index contributed by atoms with van der Waals surface area (Å²) in [6.45, 7) is 0.619. The zero-order valence-electron chi connectivity index (χ0n) is 17.7. The van der Waals surface area contributed by atoms with E-state index in [9.17, 15) is 14.7 Å². The van der Waals surface area contributed by atoms with Gasteiger partial charge in [-0.25, -0.2) is 14.8 Å². The van der Waals surface area contributed by atoms with Crippen LogP contribution in [0.4, 0.5) is 10.6 Å². The topological polar surface area (TPSA) is 128 Å². The van der Waals surface area contributed by atoms with E-state index in [-0.39, 0.29) is 12.5 Å². The molecule has 10 heteroatoms. The highest BCUT2D eigenvalue weighted by molar-refractivity contribution is 6.07. The molecule has 0 bridgehead atoms. The number of benzene rings is 1. The van der Waals surface area contributed by atoms with Gasteiger partial charge in [0.1, 0.15) is 17.2 Å². The van der Waals surface area contributed by atoms with Crippen molar-refractivity contribution in [1.82, 2.24) is 29.7 Å². The zero-order chi connectivity index (χ0) is 22.4. The Morgan fingerprint density at radius 1 is 1.34 bits per heavy atom. The lowest BCUT2D eigenvalue weighted by atomic mass is 9.99. The van der Waals surface area contributed by atoms with E-state index < -0.39 is 12.1 Å². The van der Waals surface area contributed by atoms with Crippen LogP contribution >= 0.6 is 0 Å². The Bertz CT molecular complexity index is 1360. The molecule has 0 radical (unpaired) electrons. The van der Waals surface area contributed by atoms with Gasteiger partial charge in [0.2, 0.25) is 5.91 Å². The fourth-order valence-corrected chi connectivity index (χ4v) is 4.36. The summed E-state index contributed by atoms with van der Waals surface area (Å²) in [7, 11) is 3.77. The minimum absolute atomic E-state index is 0.267. The van der Waals surface area contributed by atoms with Gasteiger partial charge in [0, 0.05) is 44.7 Å². The van der Waals surface area contributed by atoms with E-state index >= 15 is 0 Å². The van der Waals surface area contributed by atoms with Crippen LogP contribution in [-0.4, -0.2) is 67.7 Å². The molecule has 3 aromatic heterocycles. The Morgan fingerprint density at radius 2 is 2.19 bits per heavy atom.